The number of amides is 2. The number of hydrogen-bond donors (Lipinski definition) is 2. The highest BCUT2D eigenvalue weighted by molar-refractivity contribution is 6.32. The molecule has 138 valence electrons. The van der Waals surface area contributed by atoms with Crippen molar-refractivity contribution in [2.75, 3.05) is 6.61 Å². The van der Waals surface area contributed by atoms with Gasteiger partial charge in [0.25, 0.3) is 11.8 Å². The first-order valence-corrected chi connectivity index (χ1v) is 8.57. The van der Waals surface area contributed by atoms with Gasteiger partial charge in [-0.05, 0) is 30.3 Å². The molecular formula is C18H14Cl2N4O3. The van der Waals surface area contributed by atoms with Crippen LogP contribution in [0.25, 0.3) is 11.7 Å². The zero-order valence-electron chi connectivity index (χ0n) is 13.9. The Morgan fingerprint density at radius 2 is 1.89 bits per heavy atom. The molecule has 0 saturated carbocycles. The lowest BCUT2D eigenvalue weighted by molar-refractivity contribution is -0.128. The van der Waals surface area contributed by atoms with Crippen LogP contribution < -0.4 is 15.6 Å². The highest BCUT2D eigenvalue weighted by atomic mass is 35.5. The predicted molar refractivity (Wildman–Crippen MR) is 102 cm³/mol. The van der Waals surface area contributed by atoms with E-state index < -0.39 is 11.8 Å². The number of para-hydroxylation sites is 1. The van der Waals surface area contributed by atoms with Crippen molar-refractivity contribution in [1.29, 1.82) is 0 Å². The molecule has 2 aromatic heterocycles. The van der Waals surface area contributed by atoms with Crippen molar-refractivity contribution >= 4 is 46.7 Å². The molecule has 0 saturated heterocycles. The van der Waals surface area contributed by atoms with E-state index in [4.69, 9.17) is 27.9 Å². The Balaban J connectivity index is 1.52. The largest absolute Gasteiger partial charge is 0.482 e. The van der Waals surface area contributed by atoms with E-state index in [-0.39, 0.29) is 11.8 Å². The first kappa shape index (κ1) is 18.8. The van der Waals surface area contributed by atoms with Crippen molar-refractivity contribution in [2.24, 2.45) is 0 Å². The number of carbonyl (C=O) groups excluding carboxylic acids is 2. The summed E-state index contributed by atoms with van der Waals surface area (Å²) in [7, 11) is 0. The van der Waals surface area contributed by atoms with E-state index in [0.717, 1.165) is 0 Å². The Morgan fingerprint density at radius 1 is 1.11 bits per heavy atom. The Kier molecular flexibility index (Phi) is 5.95. The number of fused-ring (bicyclic) bond motifs is 1. The van der Waals surface area contributed by atoms with Crippen LogP contribution in [0, 0.1) is 0 Å². The summed E-state index contributed by atoms with van der Waals surface area (Å²) in [5, 5.41) is 0.657. The minimum absolute atomic E-state index is 0.266. The number of halogens is 2. The van der Waals surface area contributed by atoms with Crippen molar-refractivity contribution in [2.45, 2.75) is 0 Å². The SMILES string of the molecule is O=C(/C=C/c1c(Cl)nc2ccccn12)NNC(=O)COc1ccccc1Cl. The number of nitrogens with one attached hydrogen (secondary N) is 2. The molecule has 7 nitrogen and oxygen atoms in total. The van der Waals surface area contributed by atoms with Gasteiger partial charge in [-0.15, -0.1) is 0 Å². The predicted octanol–water partition coefficient (Wildman–Crippen LogP) is 2.88. The van der Waals surface area contributed by atoms with Gasteiger partial charge >= 0.3 is 0 Å². The summed E-state index contributed by atoms with van der Waals surface area (Å²) in [5.41, 5.74) is 5.70. The molecule has 2 amide bonds. The molecule has 0 fully saturated rings. The number of hydrogen-bond acceptors (Lipinski definition) is 4. The second-order valence-corrected chi connectivity index (χ2v) is 6.07. The number of nitrogens with zero attached hydrogens (tertiary/aromatic N) is 2. The summed E-state index contributed by atoms with van der Waals surface area (Å²) < 4.78 is 7.01. The molecule has 0 unspecified atom stereocenters. The fourth-order valence-corrected chi connectivity index (χ4v) is 2.63. The Labute approximate surface area is 164 Å². The maximum absolute atomic E-state index is 11.9. The molecule has 9 heteroatoms. The number of aromatic nitrogens is 2. The zero-order valence-corrected chi connectivity index (χ0v) is 15.4. The van der Waals surface area contributed by atoms with Crippen molar-refractivity contribution in [3.63, 3.8) is 0 Å². The monoisotopic (exact) mass is 404 g/mol. The molecule has 3 rings (SSSR count). The summed E-state index contributed by atoms with van der Waals surface area (Å²) >= 11 is 12.0. The van der Waals surface area contributed by atoms with Crippen LogP contribution in [-0.4, -0.2) is 27.8 Å². The molecular weight excluding hydrogens is 391 g/mol. The smallest absolute Gasteiger partial charge is 0.276 e. The number of ether oxygens (including phenoxy) is 1. The minimum atomic E-state index is -0.539. The number of benzene rings is 1. The topological polar surface area (TPSA) is 84.7 Å². The number of pyridine rings is 1. The van der Waals surface area contributed by atoms with Crippen LogP contribution in [0.1, 0.15) is 5.69 Å². The van der Waals surface area contributed by atoms with E-state index in [1.165, 1.54) is 12.2 Å². The molecule has 2 N–H and O–H groups in total. The van der Waals surface area contributed by atoms with Crippen molar-refractivity contribution < 1.29 is 14.3 Å². The van der Waals surface area contributed by atoms with Gasteiger partial charge < -0.3 is 4.74 Å². The average Bonchev–Trinajstić information content (AvgIpc) is 2.99. The van der Waals surface area contributed by atoms with E-state index in [2.05, 4.69) is 15.8 Å². The molecule has 0 aliphatic heterocycles. The summed E-state index contributed by atoms with van der Waals surface area (Å²) in [6.07, 6.45) is 4.52. The molecule has 1 aromatic carbocycles. The average molecular weight is 405 g/mol. The number of imidazole rings is 1. The first-order valence-electron chi connectivity index (χ1n) is 7.81. The van der Waals surface area contributed by atoms with Gasteiger partial charge in [0.05, 0.1) is 10.7 Å². The van der Waals surface area contributed by atoms with Crippen LogP contribution in [0.3, 0.4) is 0 Å². The van der Waals surface area contributed by atoms with E-state index in [1.807, 2.05) is 12.1 Å². The van der Waals surface area contributed by atoms with Gasteiger partial charge in [0.1, 0.15) is 11.4 Å². The fourth-order valence-electron chi connectivity index (χ4n) is 2.20. The van der Waals surface area contributed by atoms with Crippen molar-refractivity contribution in [3.8, 4) is 5.75 Å². The molecule has 0 spiro atoms. The molecule has 0 aliphatic carbocycles. The molecule has 2 heterocycles. The Bertz CT molecular complexity index is 1020. The molecule has 0 bridgehead atoms. The van der Waals surface area contributed by atoms with Crippen molar-refractivity contribution in [3.05, 3.63) is 70.6 Å². The van der Waals surface area contributed by atoms with Gasteiger partial charge in [0, 0.05) is 12.3 Å². The van der Waals surface area contributed by atoms with Crippen LogP contribution >= 0.6 is 23.2 Å². The molecule has 27 heavy (non-hydrogen) atoms. The van der Waals surface area contributed by atoms with Crippen LogP contribution in [0.4, 0.5) is 0 Å². The quantitative estimate of drug-likeness (QED) is 0.505. The molecule has 0 atom stereocenters. The van der Waals surface area contributed by atoms with Crippen LogP contribution in [0.15, 0.2) is 54.7 Å². The molecule has 3 aromatic rings. The Morgan fingerprint density at radius 3 is 2.70 bits per heavy atom. The molecule has 0 aliphatic rings. The first-order chi connectivity index (χ1) is 13.0. The lowest BCUT2D eigenvalue weighted by atomic mass is 10.3. The van der Waals surface area contributed by atoms with Gasteiger partial charge in [-0.1, -0.05) is 41.4 Å². The number of carbonyl (C=O) groups is 2. The third kappa shape index (κ3) is 4.78. The van der Waals surface area contributed by atoms with Crippen LogP contribution in [-0.2, 0) is 9.59 Å². The lowest BCUT2D eigenvalue weighted by Crippen LogP contribution is -2.43. The maximum Gasteiger partial charge on any atom is 0.276 e. The normalized spacial score (nSPS) is 10.9. The lowest BCUT2D eigenvalue weighted by Gasteiger charge is -2.08. The highest BCUT2D eigenvalue weighted by Gasteiger charge is 2.08. The third-order valence-electron chi connectivity index (χ3n) is 3.44. The summed E-state index contributed by atoms with van der Waals surface area (Å²) in [6, 6.07) is 12.2. The van der Waals surface area contributed by atoms with Crippen LogP contribution in [0.2, 0.25) is 10.2 Å². The Hall–Kier alpha value is -3.03. The maximum atomic E-state index is 11.9. The summed E-state index contributed by atoms with van der Waals surface area (Å²) in [4.78, 5) is 27.8. The second kappa shape index (κ2) is 8.57. The van der Waals surface area contributed by atoms with Crippen LogP contribution in [0.5, 0.6) is 5.75 Å². The zero-order chi connectivity index (χ0) is 19.2. The molecule has 0 radical (unpaired) electrons. The van der Waals surface area contributed by atoms with Gasteiger partial charge in [-0.2, -0.15) is 0 Å². The van der Waals surface area contributed by atoms with E-state index in [1.54, 1.807) is 40.9 Å². The van der Waals surface area contributed by atoms with Crippen molar-refractivity contribution in [1.82, 2.24) is 20.2 Å². The van der Waals surface area contributed by atoms with Gasteiger partial charge in [-0.3, -0.25) is 24.8 Å². The van der Waals surface area contributed by atoms with Gasteiger partial charge in [0.2, 0.25) is 0 Å². The highest BCUT2D eigenvalue weighted by Crippen LogP contribution is 2.22. The third-order valence-corrected chi connectivity index (χ3v) is 4.03. The second-order valence-electron chi connectivity index (χ2n) is 5.31. The van der Waals surface area contributed by atoms with E-state index in [9.17, 15) is 9.59 Å². The summed E-state index contributed by atoms with van der Waals surface area (Å²) in [6.45, 7) is -0.299. The number of hydrazine groups is 1. The van der Waals surface area contributed by atoms with E-state index >= 15 is 0 Å². The summed E-state index contributed by atoms with van der Waals surface area (Å²) in [5.74, 6) is -0.699. The fraction of sp³-hybridized carbons (Fsp3) is 0.0556. The van der Waals surface area contributed by atoms with Gasteiger partial charge in [0.15, 0.2) is 11.8 Å². The van der Waals surface area contributed by atoms with E-state index in [0.29, 0.717) is 22.1 Å². The number of rotatable bonds is 5. The van der Waals surface area contributed by atoms with Gasteiger partial charge in [-0.25, -0.2) is 4.98 Å². The standard InChI is InChI=1S/C18H14Cl2N4O3/c19-12-5-1-2-6-14(12)27-11-17(26)23-22-16(25)9-8-13-18(20)21-15-7-3-4-10-24(13)15/h1-10H,11H2,(H,22,25)(H,23,26)/b9-8+. The minimum Gasteiger partial charge on any atom is -0.482 e.